The van der Waals surface area contributed by atoms with E-state index in [1.807, 2.05) is 0 Å². The van der Waals surface area contributed by atoms with Crippen molar-refractivity contribution in [3.63, 3.8) is 0 Å². The summed E-state index contributed by atoms with van der Waals surface area (Å²) in [6.45, 7) is 0.465. The zero-order valence-corrected chi connectivity index (χ0v) is 12.4. The molecule has 7 heteroatoms. The highest BCUT2D eigenvalue weighted by Gasteiger charge is 2.07. The number of benzene rings is 2. The molecule has 0 aliphatic rings. The summed E-state index contributed by atoms with van der Waals surface area (Å²) >= 11 is 0. The van der Waals surface area contributed by atoms with Crippen LogP contribution in [-0.2, 0) is 0 Å². The van der Waals surface area contributed by atoms with Crippen LogP contribution in [0.5, 0.6) is 11.5 Å². The minimum absolute atomic E-state index is 0.0972. The molecule has 5 nitrogen and oxygen atoms in total. The van der Waals surface area contributed by atoms with Crippen LogP contribution >= 0.6 is 0 Å². The van der Waals surface area contributed by atoms with Crippen LogP contribution in [0.4, 0.5) is 19.3 Å². The van der Waals surface area contributed by atoms with Gasteiger partial charge in [0.2, 0.25) is 0 Å². The maximum Gasteiger partial charge on any atom is 0.319 e. The fraction of sp³-hybridized carbons (Fsp3) is 0.188. The molecule has 0 radical (unpaired) electrons. The van der Waals surface area contributed by atoms with Crippen molar-refractivity contribution in [1.82, 2.24) is 5.32 Å². The molecule has 0 fully saturated rings. The lowest BCUT2D eigenvalue weighted by Gasteiger charge is -2.10. The van der Waals surface area contributed by atoms with E-state index in [1.54, 1.807) is 31.4 Å². The zero-order valence-electron chi connectivity index (χ0n) is 12.4. The lowest BCUT2D eigenvalue weighted by atomic mass is 10.3. The molecule has 0 bridgehead atoms. The summed E-state index contributed by atoms with van der Waals surface area (Å²) in [4.78, 5) is 11.6. The summed E-state index contributed by atoms with van der Waals surface area (Å²) in [5.41, 5.74) is -0.0972. The molecule has 122 valence electrons. The first kappa shape index (κ1) is 16.5. The van der Waals surface area contributed by atoms with E-state index in [2.05, 4.69) is 10.6 Å². The summed E-state index contributed by atoms with van der Waals surface area (Å²) < 4.78 is 36.6. The van der Waals surface area contributed by atoms with Crippen molar-refractivity contribution in [2.24, 2.45) is 0 Å². The molecule has 0 aliphatic heterocycles. The highest BCUT2D eigenvalue weighted by atomic mass is 19.1. The summed E-state index contributed by atoms with van der Waals surface area (Å²) in [7, 11) is 1.57. The number of rotatable bonds is 6. The van der Waals surface area contributed by atoms with Crippen LogP contribution in [0.15, 0.2) is 42.5 Å². The maximum atomic E-state index is 13.4. The average molecular weight is 322 g/mol. The molecule has 0 heterocycles. The molecule has 2 N–H and O–H groups in total. The quantitative estimate of drug-likeness (QED) is 0.803. The highest BCUT2D eigenvalue weighted by molar-refractivity contribution is 5.89. The number of nitrogens with one attached hydrogen (secondary N) is 2. The summed E-state index contributed by atoms with van der Waals surface area (Å²) in [6.07, 6.45) is 0. The molecule has 2 aromatic carbocycles. The van der Waals surface area contributed by atoms with E-state index >= 15 is 0 Å². The van der Waals surface area contributed by atoms with Gasteiger partial charge in [-0.25, -0.2) is 13.6 Å². The Bertz CT molecular complexity index is 663. The molecule has 0 unspecified atom stereocenters. The minimum atomic E-state index is -0.838. The Kier molecular flexibility index (Phi) is 5.74. The van der Waals surface area contributed by atoms with Gasteiger partial charge in [0.05, 0.1) is 19.3 Å². The average Bonchev–Trinajstić information content (AvgIpc) is 2.55. The Labute approximate surface area is 132 Å². The first-order valence-corrected chi connectivity index (χ1v) is 6.85. The second kappa shape index (κ2) is 7.98. The Morgan fingerprint density at radius 1 is 1.09 bits per heavy atom. The highest BCUT2D eigenvalue weighted by Crippen LogP contribution is 2.17. The number of carbonyl (C=O) groups is 1. The molecule has 2 amide bonds. The van der Waals surface area contributed by atoms with E-state index < -0.39 is 17.7 Å². The van der Waals surface area contributed by atoms with Gasteiger partial charge in [-0.2, -0.15) is 0 Å². The topological polar surface area (TPSA) is 59.6 Å². The molecular weight excluding hydrogens is 306 g/mol. The third-order valence-corrected chi connectivity index (χ3v) is 2.90. The van der Waals surface area contributed by atoms with E-state index in [0.29, 0.717) is 11.8 Å². The SMILES string of the molecule is COc1ccc(OCCNC(=O)Nc2ccc(F)cc2F)cc1. The Morgan fingerprint density at radius 2 is 1.78 bits per heavy atom. The number of carbonyl (C=O) groups excluding carboxylic acids is 1. The van der Waals surface area contributed by atoms with Crippen LogP contribution in [0, 0.1) is 11.6 Å². The van der Waals surface area contributed by atoms with Gasteiger partial charge < -0.3 is 20.1 Å². The number of hydrogen-bond acceptors (Lipinski definition) is 3. The molecular formula is C16H16F2N2O3. The van der Waals surface area contributed by atoms with Gasteiger partial charge in [0, 0.05) is 6.07 Å². The van der Waals surface area contributed by atoms with Gasteiger partial charge in [0.15, 0.2) is 0 Å². The number of methoxy groups -OCH3 is 1. The van der Waals surface area contributed by atoms with E-state index in [0.717, 1.165) is 17.9 Å². The number of anilines is 1. The fourth-order valence-corrected chi connectivity index (χ4v) is 1.76. The van der Waals surface area contributed by atoms with Crippen LogP contribution in [0.25, 0.3) is 0 Å². The second-order valence-corrected chi connectivity index (χ2v) is 4.53. The summed E-state index contributed by atoms with van der Waals surface area (Å²) in [6, 6.07) is 9.30. The van der Waals surface area contributed by atoms with E-state index in [1.165, 1.54) is 0 Å². The van der Waals surface area contributed by atoms with Crippen LogP contribution in [-0.4, -0.2) is 26.3 Å². The lowest BCUT2D eigenvalue weighted by molar-refractivity contribution is 0.247. The number of urea groups is 1. The standard InChI is InChI=1S/C16H16F2N2O3/c1-22-12-3-5-13(6-4-12)23-9-8-19-16(21)20-15-7-2-11(17)10-14(15)18/h2-7,10H,8-9H2,1H3,(H2,19,20,21). The van der Waals surface area contributed by atoms with Gasteiger partial charge in [-0.05, 0) is 36.4 Å². The van der Waals surface area contributed by atoms with Gasteiger partial charge in [0.1, 0.15) is 29.7 Å². The molecule has 0 saturated carbocycles. The molecule has 0 aromatic heterocycles. The van der Waals surface area contributed by atoms with Crippen LogP contribution in [0.1, 0.15) is 0 Å². The molecule has 2 aromatic rings. The maximum absolute atomic E-state index is 13.4. The number of halogens is 2. The van der Waals surface area contributed by atoms with Crippen molar-refractivity contribution in [2.75, 3.05) is 25.6 Å². The van der Waals surface area contributed by atoms with E-state index in [-0.39, 0.29) is 18.8 Å². The van der Waals surface area contributed by atoms with Gasteiger partial charge >= 0.3 is 6.03 Å². The second-order valence-electron chi connectivity index (χ2n) is 4.53. The molecule has 0 atom stereocenters. The van der Waals surface area contributed by atoms with Gasteiger partial charge in [-0.15, -0.1) is 0 Å². The first-order chi connectivity index (χ1) is 11.1. The number of hydrogen-bond donors (Lipinski definition) is 2. The van der Waals surface area contributed by atoms with Crippen molar-refractivity contribution in [3.8, 4) is 11.5 Å². The Hall–Kier alpha value is -2.83. The fourth-order valence-electron chi connectivity index (χ4n) is 1.76. The normalized spacial score (nSPS) is 10.0. The van der Waals surface area contributed by atoms with Crippen LogP contribution < -0.4 is 20.1 Å². The Morgan fingerprint density at radius 3 is 2.43 bits per heavy atom. The smallest absolute Gasteiger partial charge is 0.319 e. The molecule has 2 rings (SSSR count). The molecule has 0 aliphatic carbocycles. The monoisotopic (exact) mass is 322 g/mol. The van der Waals surface area contributed by atoms with Crippen molar-refractivity contribution >= 4 is 11.7 Å². The van der Waals surface area contributed by atoms with Crippen molar-refractivity contribution in [2.45, 2.75) is 0 Å². The van der Waals surface area contributed by atoms with E-state index in [4.69, 9.17) is 9.47 Å². The van der Waals surface area contributed by atoms with E-state index in [9.17, 15) is 13.6 Å². The van der Waals surface area contributed by atoms with Crippen LogP contribution in [0.3, 0.4) is 0 Å². The third kappa shape index (κ3) is 5.14. The summed E-state index contributed by atoms with van der Waals surface area (Å²) in [5, 5.41) is 4.79. The van der Waals surface area contributed by atoms with Crippen molar-refractivity contribution < 1.29 is 23.0 Å². The van der Waals surface area contributed by atoms with Gasteiger partial charge in [0.25, 0.3) is 0 Å². The van der Waals surface area contributed by atoms with Gasteiger partial charge in [-0.1, -0.05) is 0 Å². The number of amides is 2. The predicted molar refractivity (Wildman–Crippen MR) is 81.9 cm³/mol. The van der Waals surface area contributed by atoms with Crippen LogP contribution in [0.2, 0.25) is 0 Å². The lowest BCUT2D eigenvalue weighted by Crippen LogP contribution is -2.32. The van der Waals surface area contributed by atoms with Crippen molar-refractivity contribution in [3.05, 3.63) is 54.1 Å². The van der Waals surface area contributed by atoms with Crippen molar-refractivity contribution in [1.29, 1.82) is 0 Å². The number of ether oxygens (including phenoxy) is 2. The molecule has 23 heavy (non-hydrogen) atoms. The molecule has 0 saturated heterocycles. The summed E-state index contributed by atoms with van der Waals surface area (Å²) in [5.74, 6) is -0.190. The third-order valence-electron chi connectivity index (χ3n) is 2.90. The molecule has 0 spiro atoms. The first-order valence-electron chi connectivity index (χ1n) is 6.85. The predicted octanol–water partition coefficient (Wildman–Crippen LogP) is 3.17. The Balaban J connectivity index is 1.72. The van der Waals surface area contributed by atoms with Gasteiger partial charge in [-0.3, -0.25) is 0 Å². The minimum Gasteiger partial charge on any atom is -0.497 e. The zero-order chi connectivity index (χ0) is 16.7. The largest absolute Gasteiger partial charge is 0.497 e.